The predicted molar refractivity (Wildman–Crippen MR) is 107 cm³/mol. The normalized spacial score (nSPS) is 11.5. The highest BCUT2D eigenvalue weighted by molar-refractivity contribution is 6.04. The minimum atomic E-state index is -1.02. The van der Waals surface area contributed by atoms with Crippen molar-refractivity contribution in [1.82, 2.24) is 9.97 Å². The zero-order chi connectivity index (χ0) is 20.8. The van der Waals surface area contributed by atoms with Crippen LogP contribution >= 0.6 is 0 Å². The maximum atomic E-state index is 12.5. The number of aromatic amines is 1. The van der Waals surface area contributed by atoms with Crippen LogP contribution in [0.4, 0.5) is 5.69 Å². The van der Waals surface area contributed by atoms with Gasteiger partial charge in [-0.1, -0.05) is 31.2 Å². The largest absolute Gasteiger partial charge is 0.449 e. The van der Waals surface area contributed by atoms with Gasteiger partial charge in [0.1, 0.15) is 5.82 Å². The van der Waals surface area contributed by atoms with Gasteiger partial charge in [0.15, 0.2) is 6.10 Å². The second-order valence-corrected chi connectivity index (χ2v) is 6.22. The highest BCUT2D eigenvalue weighted by Gasteiger charge is 2.23. The lowest BCUT2D eigenvalue weighted by Gasteiger charge is -2.17. The zero-order valence-corrected chi connectivity index (χ0v) is 15.7. The van der Waals surface area contributed by atoms with Gasteiger partial charge in [0.25, 0.3) is 11.8 Å². The standard InChI is InChI=1S/C21H20N4O4/c1-2-17(20(27)25-16-6-4-3-5-15(16)18(22)26)29-21(28)14-9-7-13(8-10-14)19-23-11-12-24-19/h3-12,17H,2H2,1H3,(H2,22,26)(H,23,24)(H,25,27). The third-order valence-corrected chi connectivity index (χ3v) is 4.26. The highest BCUT2D eigenvalue weighted by atomic mass is 16.5. The van der Waals surface area contributed by atoms with Crippen molar-refractivity contribution in [2.24, 2.45) is 5.73 Å². The van der Waals surface area contributed by atoms with Crippen molar-refractivity contribution in [3.63, 3.8) is 0 Å². The Bertz CT molecular complexity index is 1010. The fourth-order valence-corrected chi connectivity index (χ4v) is 2.73. The number of para-hydroxylation sites is 1. The molecule has 29 heavy (non-hydrogen) atoms. The van der Waals surface area contributed by atoms with Crippen molar-refractivity contribution in [1.29, 1.82) is 0 Å². The number of ether oxygens (including phenoxy) is 1. The monoisotopic (exact) mass is 392 g/mol. The molecule has 0 saturated heterocycles. The molecule has 0 aliphatic heterocycles. The molecule has 8 nitrogen and oxygen atoms in total. The van der Waals surface area contributed by atoms with Crippen molar-refractivity contribution >= 4 is 23.5 Å². The topological polar surface area (TPSA) is 127 Å². The van der Waals surface area contributed by atoms with Crippen LogP contribution in [0.3, 0.4) is 0 Å². The number of carbonyl (C=O) groups is 3. The van der Waals surface area contributed by atoms with E-state index in [4.69, 9.17) is 10.5 Å². The van der Waals surface area contributed by atoms with Crippen molar-refractivity contribution in [3.05, 3.63) is 72.1 Å². The Balaban J connectivity index is 1.68. The van der Waals surface area contributed by atoms with Gasteiger partial charge in [-0.15, -0.1) is 0 Å². The third kappa shape index (κ3) is 4.67. The third-order valence-electron chi connectivity index (χ3n) is 4.26. The number of H-pyrrole nitrogens is 1. The van der Waals surface area contributed by atoms with E-state index in [0.717, 1.165) is 5.56 Å². The minimum absolute atomic E-state index is 0.176. The van der Waals surface area contributed by atoms with E-state index in [-0.39, 0.29) is 17.7 Å². The quantitative estimate of drug-likeness (QED) is 0.533. The number of imidazole rings is 1. The predicted octanol–water partition coefficient (Wildman–Crippen LogP) is 2.75. The lowest BCUT2D eigenvalue weighted by atomic mass is 10.1. The summed E-state index contributed by atoms with van der Waals surface area (Å²) in [4.78, 5) is 43.6. The number of nitrogens with one attached hydrogen (secondary N) is 2. The van der Waals surface area contributed by atoms with E-state index in [0.29, 0.717) is 11.4 Å². The van der Waals surface area contributed by atoms with Crippen molar-refractivity contribution in [3.8, 4) is 11.4 Å². The zero-order valence-electron chi connectivity index (χ0n) is 15.7. The van der Waals surface area contributed by atoms with Crippen molar-refractivity contribution in [2.45, 2.75) is 19.4 Å². The number of esters is 1. The fraction of sp³-hybridized carbons (Fsp3) is 0.143. The maximum absolute atomic E-state index is 12.5. The van der Waals surface area contributed by atoms with E-state index >= 15 is 0 Å². The summed E-state index contributed by atoms with van der Waals surface area (Å²) < 4.78 is 5.36. The molecule has 0 aliphatic carbocycles. The van der Waals surface area contributed by atoms with Crippen LogP contribution in [-0.4, -0.2) is 33.9 Å². The van der Waals surface area contributed by atoms with E-state index in [1.807, 2.05) is 0 Å². The summed E-state index contributed by atoms with van der Waals surface area (Å²) in [7, 11) is 0. The summed E-state index contributed by atoms with van der Waals surface area (Å²) >= 11 is 0. The van der Waals surface area contributed by atoms with Crippen molar-refractivity contribution < 1.29 is 19.1 Å². The number of nitrogens with two attached hydrogens (primary N) is 1. The number of primary amides is 1. The smallest absolute Gasteiger partial charge is 0.338 e. The van der Waals surface area contributed by atoms with Crippen LogP contribution in [0.15, 0.2) is 60.9 Å². The Hall–Kier alpha value is -3.94. The first-order chi connectivity index (χ1) is 14.0. The molecule has 0 fully saturated rings. The van der Waals surface area contributed by atoms with Gasteiger partial charge in [0.2, 0.25) is 0 Å². The van der Waals surface area contributed by atoms with Crippen LogP contribution in [-0.2, 0) is 9.53 Å². The van der Waals surface area contributed by atoms with E-state index < -0.39 is 23.9 Å². The van der Waals surface area contributed by atoms with Gasteiger partial charge in [0, 0.05) is 18.0 Å². The molecule has 2 aromatic carbocycles. The number of nitrogens with zero attached hydrogens (tertiary/aromatic N) is 1. The van der Waals surface area contributed by atoms with Crippen LogP contribution in [0, 0.1) is 0 Å². The summed E-state index contributed by atoms with van der Waals surface area (Å²) in [6.45, 7) is 1.72. The Morgan fingerprint density at radius 3 is 2.48 bits per heavy atom. The van der Waals surface area contributed by atoms with Gasteiger partial charge < -0.3 is 20.8 Å². The molecule has 1 heterocycles. The van der Waals surface area contributed by atoms with Gasteiger partial charge in [-0.2, -0.15) is 0 Å². The number of carbonyl (C=O) groups excluding carboxylic acids is 3. The lowest BCUT2D eigenvalue weighted by Crippen LogP contribution is -2.32. The Labute approximate surface area is 167 Å². The molecule has 1 atom stereocenters. The summed E-state index contributed by atoms with van der Waals surface area (Å²) in [5.74, 6) is -1.14. The van der Waals surface area contributed by atoms with Gasteiger partial charge in [-0.05, 0) is 30.7 Å². The van der Waals surface area contributed by atoms with Crippen molar-refractivity contribution in [2.75, 3.05) is 5.32 Å². The van der Waals surface area contributed by atoms with E-state index in [2.05, 4.69) is 15.3 Å². The molecule has 1 unspecified atom stereocenters. The SMILES string of the molecule is CCC(OC(=O)c1ccc(-c2ncc[nH]2)cc1)C(=O)Nc1ccccc1C(N)=O. The molecule has 0 spiro atoms. The summed E-state index contributed by atoms with van der Waals surface area (Å²) in [5, 5.41) is 2.60. The molecule has 2 amide bonds. The number of amides is 2. The molecule has 3 rings (SSSR count). The number of anilines is 1. The lowest BCUT2D eigenvalue weighted by molar-refractivity contribution is -0.124. The van der Waals surface area contributed by atoms with Crippen LogP contribution in [0.5, 0.6) is 0 Å². The van der Waals surface area contributed by atoms with Gasteiger partial charge in [-0.3, -0.25) is 9.59 Å². The first kappa shape index (κ1) is 19.8. The average Bonchev–Trinajstić information content (AvgIpc) is 3.27. The summed E-state index contributed by atoms with van der Waals surface area (Å²) in [6.07, 6.45) is 2.59. The van der Waals surface area contributed by atoms with E-state index in [1.54, 1.807) is 61.8 Å². The van der Waals surface area contributed by atoms with Crippen LogP contribution in [0.2, 0.25) is 0 Å². The number of rotatable bonds is 7. The molecular formula is C21H20N4O4. The molecule has 8 heteroatoms. The second kappa shape index (κ2) is 8.83. The fourth-order valence-electron chi connectivity index (χ4n) is 2.73. The van der Waals surface area contributed by atoms with Gasteiger partial charge >= 0.3 is 5.97 Å². The Kier molecular flexibility index (Phi) is 6.03. The molecule has 4 N–H and O–H groups in total. The minimum Gasteiger partial charge on any atom is -0.449 e. The summed E-state index contributed by atoms with van der Waals surface area (Å²) in [5.41, 5.74) is 6.89. The molecule has 0 aliphatic rings. The molecular weight excluding hydrogens is 372 g/mol. The highest BCUT2D eigenvalue weighted by Crippen LogP contribution is 2.18. The molecule has 1 aromatic heterocycles. The molecule has 0 radical (unpaired) electrons. The second-order valence-electron chi connectivity index (χ2n) is 6.22. The maximum Gasteiger partial charge on any atom is 0.338 e. The number of hydrogen-bond donors (Lipinski definition) is 3. The van der Waals surface area contributed by atoms with Gasteiger partial charge in [-0.25, -0.2) is 9.78 Å². The number of aromatic nitrogens is 2. The molecule has 3 aromatic rings. The van der Waals surface area contributed by atoms with Crippen LogP contribution in [0.1, 0.15) is 34.1 Å². The first-order valence-corrected chi connectivity index (χ1v) is 9.00. The summed E-state index contributed by atoms with van der Waals surface area (Å²) in [6, 6.07) is 13.0. The number of benzene rings is 2. The first-order valence-electron chi connectivity index (χ1n) is 9.00. The van der Waals surface area contributed by atoms with E-state index in [1.165, 1.54) is 6.07 Å². The molecule has 148 valence electrons. The van der Waals surface area contributed by atoms with E-state index in [9.17, 15) is 14.4 Å². The van der Waals surface area contributed by atoms with Crippen LogP contribution < -0.4 is 11.1 Å². The Morgan fingerprint density at radius 2 is 1.86 bits per heavy atom. The molecule has 0 bridgehead atoms. The van der Waals surface area contributed by atoms with Crippen LogP contribution in [0.25, 0.3) is 11.4 Å². The average molecular weight is 392 g/mol. The molecule has 0 saturated carbocycles. The van der Waals surface area contributed by atoms with Gasteiger partial charge in [0.05, 0.1) is 16.8 Å². The Morgan fingerprint density at radius 1 is 1.14 bits per heavy atom. The number of hydrogen-bond acceptors (Lipinski definition) is 5.